The van der Waals surface area contributed by atoms with Gasteiger partial charge in [0, 0.05) is 19.7 Å². The highest BCUT2D eigenvalue weighted by molar-refractivity contribution is 7.08. The second-order valence-electron chi connectivity index (χ2n) is 4.11. The molecule has 0 spiro atoms. The van der Waals surface area contributed by atoms with Crippen LogP contribution in [0.5, 0.6) is 0 Å². The molecule has 0 fully saturated rings. The van der Waals surface area contributed by atoms with Crippen LogP contribution < -0.4 is 10.6 Å². The molecule has 1 atom stereocenters. The van der Waals surface area contributed by atoms with Crippen LogP contribution in [0.25, 0.3) is 0 Å². The number of hydrogen-bond acceptors (Lipinski definition) is 4. The number of hydrogen-bond donors (Lipinski definition) is 2. The first-order chi connectivity index (χ1) is 8.13. The molecule has 1 heterocycles. The van der Waals surface area contributed by atoms with Crippen LogP contribution in [-0.2, 0) is 16.1 Å². The van der Waals surface area contributed by atoms with E-state index in [2.05, 4.69) is 28.3 Å². The van der Waals surface area contributed by atoms with Crippen LogP contribution in [0.2, 0.25) is 0 Å². The summed E-state index contributed by atoms with van der Waals surface area (Å²) in [6.07, 6.45) is 0. The lowest BCUT2D eigenvalue weighted by atomic mass is 10.2. The third kappa shape index (κ3) is 5.30. The van der Waals surface area contributed by atoms with Crippen LogP contribution in [-0.4, -0.2) is 32.2 Å². The van der Waals surface area contributed by atoms with Crippen molar-refractivity contribution >= 4 is 17.2 Å². The molecular formula is C12H20N2O2S. The van der Waals surface area contributed by atoms with Crippen molar-refractivity contribution in [3.8, 4) is 0 Å². The number of nitrogens with one attached hydrogen (secondary N) is 2. The Labute approximate surface area is 106 Å². The second kappa shape index (κ2) is 7.42. The lowest BCUT2D eigenvalue weighted by molar-refractivity contribution is -0.121. The molecule has 1 aromatic heterocycles. The second-order valence-corrected chi connectivity index (χ2v) is 4.85. The minimum atomic E-state index is 0.00225. The molecule has 1 rings (SSSR count). The van der Waals surface area contributed by atoms with E-state index in [1.54, 1.807) is 18.4 Å². The summed E-state index contributed by atoms with van der Waals surface area (Å²) in [5.41, 5.74) is 2.53. The zero-order chi connectivity index (χ0) is 12.7. The summed E-state index contributed by atoms with van der Waals surface area (Å²) >= 11 is 1.69. The van der Waals surface area contributed by atoms with Crippen molar-refractivity contribution in [3.05, 3.63) is 21.9 Å². The van der Waals surface area contributed by atoms with Crippen molar-refractivity contribution in [2.45, 2.75) is 26.4 Å². The first-order valence-corrected chi connectivity index (χ1v) is 6.58. The summed E-state index contributed by atoms with van der Waals surface area (Å²) in [6.45, 7) is 5.61. The van der Waals surface area contributed by atoms with Crippen molar-refractivity contribution in [1.82, 2.24) is 10.6 Å². The van der Waals surface area contributed by atoms with E-state index in [-0.39, 0.29) is 11.9 Å². The summed E-state index contributed by atoms with van der Waals surface area (Å²) in [7, 11) is 1.63. The van der Waals surface area contributed by atoms with Crippen LogP contribution >= 0.6 is 11.3 Å². The highest BCUT2D eigenvalue weighted by atomic mass is 32.1. The van der Waals surface area contributed by atoms with E-state index in [0.29, 0.717) is 13.2 Å². The maximum Gasteiger partial charge on any atom is 0.234 e. The standard InChI is InChI=1S/C12H20N2O2S/c1-9-7-17-8-11(9)4-13-5-12(15)14-10(2)6-16-3/h7-8,10,13H,4-6H2,1-3H3,(H,14,15). The van der Waals surface area contributed by atoms with Gasteiger partial charge in [-0.3, -0.25) is 4.79 Å². The van der Waals surface area contributed by atoms with Gasteiger partial charge in [0.2, 0.25) is 5.91 Å². The Balaban J connectivity index is 2.18. The van der Waals surface area contributed by atoms with E-state index < -0.39 is 0 Å². The Bertz CT molecular complexity index is 352. The SMILES string of the molecule is COCC(C)NC(=O)CNCc1cscc1C. The highest BCUT2D eigenvalue weighted by Gasteiger charge is 2.06. The summed E-state index contributed by atoms with van der Waals surface area (Å²) in [6, 6.07) is 0.0529. The molecule has 0 radical (unpaired) electrons. The Kier molecular flexibility index (Phi) is 6.18. The molecule has 96 valence electrons. The molecule has 0 aliphatic rings. The topological polar surface area (TPSA) is 50.4 Å². The van der Waals surface area contributed by atoms with Gasteiger partial charge in [-0.25, -0.2) is 0 Å². The third-order valence-corrected chi connectivity index (χ3v) is 3.30. The zero-order valence-corrected chi connectivity index (χ0v) is 11.4. The molecular weight excluding hydrogens is 236 g/mol. The fourth-order valence-corrected chi connectivity index (χ4v) is 2.35. The summed E-state index contributed by atoms with van der Waals surface area (Å²) in [5.74, 6) is 0.00225. The number of aryl methyl sites for hydroxylation is 1. The fourth-order valence-electron chi connectivity index (χ4n) is 1.50. The van der Waals surface area contributed by atoms with Crippen molar-refractivity contribution < 1.29 is 9.53 Å². The summed E-state index contributed by atoms with van der Waals surface area (Å²) in [5, 5.41) is 10.2. The van der Waals surface area contributed by atoms with Gasteiger partial charge < -0.3 is 15.4 Å². The largest absolute Gasteiger partial charge is 0.383 e. The first-order valence-electron chi connectivity index (χ1n) is 5.64. The molecule has 1 unspecified atom stereocenters. The molecule has 1 aromatic rings. The van der Waals surface area contributed by atoms with Crippen molar-refractivity contribution in [3.63, 3.8) is 0 Å². The predicted octanol–water partition coefficient (Wildman–Crippen LogP) is 1.30. The average molecular weight is 256 g/mol. The van der Waals surface area contributed by atoms with Crippen LogP contribution in [0.1, 0.15) is 18.1 Å². The molecule has 0 aromatic carbocycles. The number of ether oxygens (including phenoxy) is 1. The van der Waals surface area contributed by atoms with E-state index in [0.717, 1.165) is 6.54 Å². The van der Waals surface area contributed by atoms with Gasteiger partial charge in [0.15, 0.2) is 0 Å². The quantitative estimate of drug-likeness (QED) is 0.773. The lowest BCUT2D eigenvalue weighted by Gasteiger charge is -2.13. The molecule has 17 heavy (non-hydrogen) atoms. The van der Waals surface area contributed by atoms with Gasteiger partial charge in [0.1, 0.15) is 0 Å². The van der Waals surface area contributed by atoms with Crippen LogP contribution in [0.3, 0.4) is 0 Å². The Hall–Kier alpha value is -0.910. The Morgan fingerprint density at radius 3 is 2.88 bits per heavy atom. The molecule has 0 bridgehead atoms. The van der Waals surface area contributed by atoms with E-state index >= 15 is 0 Å². The number of thiophene rings is 1. The molecule has 0 aliphatic carbocycles. The van der Waals surface area contributed by atoms with Gasteiger partial charge in [-0.2, -0.15) is 11.3 Å². The van der Waals surface area contributed by atoms with Crippen LogP contribution in [0.15, 0.2) is 10.8 Å². The molecule has 0 aliphatic heterocycles. The van der Waals surface area contributed by atoms with Crippen molar-refractivity contribution in [2.75, 3.05) is 20.3 Å². The number of carbonyl (C=O) groups is 1. The average Bonchev–Trinajstić information content (AvgIpc) is 2.64. The maximum atomic E-state index is 11.5. The molecule has 1 amide bonds. The summed E-state index contributed by atoms with van der Waals surface area (Å²) < 4.78 is 4.95. The Morgan fingerprint density at radius 2 is 2.29 bits per heavy atom. The molecule has 4 nitrogen and oxygen atoms in total. The van der Waals surface area contributed by atoms with Gasteiger partial charge in [-0.1, -0.05) is 0 Å². The van der Waals surface area contributed by atoms with Gasteiger partial charge in [-0.05, 0) is 35.7 Å². The molecule has 0 saturated carbocycles. The van der Waals surface area contributed by atoms with Crippen LogP contribution in [0, 0.1) is 6.92 Å². The van der Waals surface area contributed by atoms with E-state index in [4.69, 9.17) is 4.74 Å². The predicted molar refractivity (Wildman–Crippen MR) is 70.2 cm³/mol. The molecule has 0 saturated heterocycles. The van der Waals surface area contributed by atoms with Gasteiger partial charge >= 0.3 is 0 Å². The maximum absolute atomic E-state index is 11.5. The third-order valence-electron chi connectivity index (χ3n) is 2.39. The number of methoxy groups -OCH3 is 1. The minimum absolute atomic E-state index is 0.00225. The molecule has 2 N–H and O–H groups in total. The fraction of sp³-hybridized carbons (Fsp3) is 0.583. The summed E-state index contributed by atoms with van der Waals surface area (Å²) in [4.78, 5) is 11.5. The number of carbonyl (C=O) groups excluding carboxylic acids is 1. The van der Waals surface area contributed by atoms with Crippen molar-refractivity contribution in [2.24, 2.45) is 0 Å². The van der Waals surface area contributed by atoms with E-state index in [1.165, 1.54) is 11.1 Å². The number of amides is 1. The van der Waals surface area contributed by atoms with E-state index in [1.807, 2.05) is 6.92 Å². The number of rotatable bonds is 7. The van der Waals surface area contributed by atoms with Crippen LogP contribution in [0.4, 0.5) is 0 Å². The van der Waals surface area contributed by atoms with Gasteiger partial charge in [0.05, 0.1) is 13.2 Å². The van der Waals surface area contributed by atoms with Gasteiger partial charge in [-0.15, -0.1) is 0 Å². The molecule has 5 heteroatoms. The Morgan fingerprint density at radius 1 is 1.53 bits per heavy atom. The van der Waals surface area contributed by atoms with E-state index in [9.17, 15) is 4.79 Å². The zero-order valence-electron chi connectivity index (χ0n) is 10.6. The monoisotopic (exact) mass is 256 g/mol. The normalized spacial score (nSPS) is 12.4. The van der Waals surface area contributed by atoms with Gasteiger partial charge in [0.25, 0.3) is 0 Å². The lowest BCUT2D eigenvalue weighted by Crippen LogP contribution is -2.40. The smallest absolute Gasteiger partial charge is 0.234 e. The highest BCUT2D eigenvalue weighted by Crippen LogP contribution is 2.12. The van der Waals surface area contributed by atoms with Crippen molar-refractivity contribution in [1.29, 1.82) is 0 Å². The minimum Gasteiger partial charge on any atom is -0.383 e. The first kappa shape index (κ1) is 14.2.